The van der Waals surface area contributed by atoms with E-state index < -0.39 is 10.0 Å². The van der Waals surface area contributed by atoms with Crippen LogP contribution in [0.5, 0.6) is 23.0 Å². The topological polar surface area (TPSA) is 103 Å². The molecule has 0 aliphatic carbocycles. The van der Waals surface area contributed by atoms with Crippen molar-refractivity contribution in [3.63, 3.8) is 0 Å². The first kappa shape index (κ1) is 25.7. The van der Waals surface area contributed by atoms with Crippen LogP contribution in [0.25, 0.3) is 0 Å². The molecule has 3 aromatic carbocycles. The van der Waals surface area contributed by atoms with E-state index in [0.29, 0.717) is 40.8 Å². The Kier molecular flexibility index (Phi) is 8.43. The highest BCUT2D eigenvalue weighted by atomic mass is 32.2. The maximum absolute atomic E-state index is 13.1. The molecule has 10 heteroatoms. The van der Waals surface area contributed by atoms with Crippen LogP contribution < -0.4 is 28.6 Å². The third kappa shape index (κ3) is 6.15. The summed E-state index contributed by atoms with van der Waals surface area (Å²) in [4.78, 5) is 12.5. The quantitative estimate of drug-likeness (QED) is 0.403. The van der Waals surface area contributed by atoms with Gasteiger partial charge in [0.15, 0.2) is 11.5 Å². The van der Waals surface area contributed by atoms with Crippen molar-refractivity contribution < 1.29 is 32.2 Å². The Labute approximate surface area is 205 Å². The van der Waals surface area contributed by atoms with Gasteiger partial charge in [-0.1, -0.05) is 6.07 Å². The van der Waals surface area contributed by atoms with Gasteiger partial charge in [0.05, 0.1) is 38.5 Å². The molecular weight excluding hydrogens is 472 g/mol. The summed E-state index contributed by atoms with van der Waals surface area (Å²) in [5, 5.41) is 2.77. The largest absolute Gasteiger partial charge is 0.497 e. The molecule has 0 heterocycles. The molecule has 0 aliphatic heterocycles. The summed E-state index contributed by atoms with van der Waals surface area (Å²) in [6, 6.07) is 17.8. The number of anilines is 1. The molecule has 0 bridgehead atoms. The number of methoxy groups -OCH3 is 3. The van der Waals surface area contributed by atoms with E-state index in [1.54, 1.807) is 43.5 Å². The van der Waals surface area contributed by atoms with E-state index in [4.69, 9.17) is 18.9 Å². The van der Waals surface area contributed by atoms with Crippen LogP contribution in [-0.4, -0.2) is 55.9 Å². The molecular formula is C25H28N2O7S. The van der Waals surface area contributed by atoms with Gasteiger partial charge in [-0.05, 0) is 48.5 Å². The first-order chi connectivity index (χ1) is 16.8. The standard InChI is InChI=1S/C25H28N2O7S/c1-27(35(29,30)22-12-13-23(32-3)24(17-22)33-4)19-10-8-18(9-11-19)25(28)26-14-15-34-21-7-5-6-20(16-21)31-2/h5-13,16-17H,14-15H2,1-4H3,(H,26,28). The number of amides is 1. The third-order valence-corrected chi connectivity index (χ3v) is 6.99. The van der Waals surface area contributed by atoms with Gasteiger partial charge in [-0.25, -0.2) is 8.42 Å². The van der Waals surface area contributed by atoms with Crippen LogP contribution in [0, 0.1) is 0 Å². The minimum absolute atomic E-state index is 0.0514. The highest BCUT2D eigenvalue weighted by Gasteiger charge is 2.23. The zero-order valence-corrected chi connectivity index (χ0v) is 20.8. The molecule has 0 aliphatic rings. The summed E-state index contributed by atoms with van der Waals surface area (Å²) in [5.41, 5.74) is 0.796. The predicted molar refractivity (Wildman–Crippen MR) is 132 cm³/mol. The van der Waals surface area contributed by atoms with Crippen LogP contribution in [0.3, 0.4) is 0 Å². The predicted octanol–water partition coefficient (Wildman–Crippen LogP) is 3.35. The van der Waals surface area contributed by atoms with E-state index >= 15 is 0 Å². The Morgan fingerprint density at radius 2 is 1.54 bits per heavy atom. The zero-order valence-electron chi connectivity index (χ0n) is 20.0. The lowest BCUT2D eigenvalue weighted by Crippen LogP contribution is -2.28. The summed E-state index contributed by atoms with van der Waals surface area (Å²) in [5.74, 6) is 1.77. The molecule has 1 amide bonds. The summed E-state index contributed by atoms with van der Waals surface area (Å²) in [7, 11) is 2.07. The van der Waals surface area contributed by atoms with Crippen molar-refractivity contribution in [2.24, 2.45) is 0 Å². The Morgan fingerprint density at radius 3 is 2.20 bits per heavy atom. The van der Waals surface area contributed by atoms with E-state index in [1.807, 2.05) is 12.1 Å². The second kappa shape index (κ2) is 11.5. The van der Waals surface area contributed by atoms with Crippen molar-refractivity contribution >= 4 is 21.6 Å². The number of nitrogens with zero attached hydrogens (tertiary/aromatic N) is 1. The van der Waals surface area contributed by atoms with Gasteiger partial charge in [0, 0.05) is 24.7 Å². The second-order valence-electron chi connectivity index (χ2n) is 7.32. The number of nitrogens with one attached hydrogen (secondary N) is 1. The lowest BCUT2D eigenvalue weighted by Gasteiger charge is -2.20. The molecule has 9 nitrogen and oxygen atoms in total. The molecule has 0 atom stereocenters. The summed E-state index contributed by atoms with van der Waals surface area (Å²) >= 11 is 0. The fourth-order valence-corrected chi connectivity index (χ4v) is 4.43. The first-order valence-corrected chi connectivity index (χ1v) is 12.1. The van der Waals surface area contributed by atoms with Crippen LogP contribution in [0.15, 0.2) is 71.6 Å². The Balaban J connectivity index is 1.60. The Hall–Kier alpha value is -3.92. The van der Waals surface area contributed by atoms with Gasteiger partial charge in [-0.2, -0.15) is 0 Å². The molecule has 35 heavy (non-hydrogen) atoms. The number of sulfonamides is 1. The van der Waals surface area contributed by atoms with Gasteiger partial charge >= 0.3 is 0 Å². The minimum Gasteiger partial charge on any atom is -0.497 e. The van der Waals surface area contributed by atoms with E-state index in [0.717, 1.165) is 4.31 Å². The number of carbonyl (C=O) groups is 1. The maximum Gasteiger partial charge on any atom is 0.264 e. The number of rotatable bonds is 11. The van der Waals surface area contributed by atoms with Gasteiger partial charge < -0.3 is 24.3 Å². The van der Waals surface area contributed by atoms with Crippen molar-refractivity contribution in [3.8, 4) is 23.0 Å². The Morgan fingerprint density at radius 1 is 0.857 bits per heavy atom. The number of benzene rings is 3. The summed E-state index contributed by atoms with van der Waals surface area (Å²) < 4.78 is 48.4. The number of ether oxygens (including phenoxy) is 4. The fourth-order valence-electron chi connectivity index (χ4n) is 3.22. The van der Waals surface area contributed by atoms with Crippen molar-refractivity contribution in [3.05, 3.63) is 72.3 Å². The molecule has 1 N–H and O–H groups in total. The molecule has 186 valence electrons. The van der Waals surface area contributed by atoms with Crippen molar-refractivity contribution in [2.45, 2.75) is 4.90 Å². The molecule has 0 fully saturated rings. The number of hydrogen-bond acceptors (Lipinski definition) is 7. The van der Waals surface area contributed by atoms with Crippen LogP contribution >= 0.6 is 0 Å². The first-order valence-electron chi connectivity index (χ1n) is 10.7. The highest BCUT2D eigenvalue weighted by Crippen LogP contribution is 2.31. The number of carbonyl (C=O) groups excluding carboxylic acids is 1. The van der Waals surface area contributed by atoms with Crippen LogP contribution in [-0.2, 0) is 10.0 Å². The van der Waals surface area contributed by atoms with Crippen molar-refractivity contribution in [1.29, 1.82) is 0 Å². The molecule has 0 aromatic heterocycles. The molecule has 0 saturated heterocycles. The third-order valence-electron chi connectivity index (χ3n) is 5.20. The van der Waals surface area contributed by atoms with Gasteiger partial charge in [0.1, 0.15) is 18.1 Å². The molecule has 3 aromatic rings. The second-order valence-corrected chi connectivity index (χ2v) is 9.29. The average molecular weight is 501 g/mol. The van der Waals surface area contributed by atoms with Gasteiger partial charge in [0.2, 0.25) is 0 Å². The van der Waals surface area contributed by atoms with E-state index in [-0.39, 0.29) is 17.4 Å². The smallest absolute Gasteiger partial charge is 0.264 e. The molecule has 0 radical (unpaired) electrons. The molecule has 0 unspecified atom stereocenters. The lowest BCUT2D eigenvalue weighted by molar-refractivity contribution is 0.0947. The molecule has 3 rings (SSSR count). The van der Waals surface area contributed by atoms with Crippen molar-refractivity contribution in [1.82, 2.24) is 5.32 Å². The number of hydrogen-bond donors (Lipinski definition) is 1. The minimum atomic E-state index is -3.86. The summed E-state index contributed by atoms with van der Waals surface area (Å²) in [6.07, 6.45) is 0. The SMILES string of the molecule is COc1cccc(OCCNC(=O)c2ccc(N(C)S(=O)(=O)c3ccc(OC)c(OC)c3)cc2)c1. The average Bonchev–Trinajstić information content (AvgIpc) is 2.90. The zero-order chi connectivity index (χ0) is 25.4. The maximum atomic E-state index is 13.1. The van der Waals surface area contributed by atoms with Crippen molar-refractivity contribution in [2.75, 3.05) is 45.8 Å². The van der Waals surface area contributed by atoms with E-state index in [1.165, 1.54) is 39.5 Å². The fraction of sp³-hybridized carbons (Fsp3) is 0.240. The van der Waals surface area contributed by atoms with Gasteiger partial charge in [-0.15, -0.1) is 0 Å². The normalized spacial score (nSPS) is 10.9. The molecule has 0 saturated carbocycles. The summed E-state index contributed by atoms with van der Waals surface area (Å²) in [6.45, 7) is 0.578. The van der Waals surface area contributed by atoms with E-state index in [9.17, 15) is 13.2 Å². The van der Waals surface area contributed by atoms with Crippen LogP contribution in [0.1, 0.15) is 10.4 Å². The van der Waals surface area contributed by atoms with Gasteiger partial charge in [0.25, 0.3) is 15.9 Å². The monoisotopic (exact) mass is 500 g/mol. The lowest BCUT2D eigenvalue weighted by atomic mass is 10.2. The molecule has 0 spiro atoms. The van der Waals surface area contributed by atoms with E-state index in [2.05, 4.69) is 5.32 Å². The Bertz CT molecular complexity index is 1260. The van der Waals surface area contributed by atoms with Crippen LogP contribution in [0.2, 0.25) is 0 Å². The van der Waals surface area contributed by atoms with Gasteiger partial charge in [-0.3, -0.25) is 9.10 Å². The van der Waals surface area contributed by atoms with Crippen LogP contribution in [0.4, 0.5) is 5.69 Å². The highest BCUT2D eigenvalue weighted by molar-refractivity contribution is 7.92.